The van der Waals surface area contributed by atoms with Gasteiger partial charge in [0.15, 0.2) is 5.78 Å². The number of amides is 1. The van der Waals surface area contributed by atoms with Crippen molar-refractivity contribution in [1.29, 1.82) is 0 Å². The molecule has 1 N–H and O–H groups in total. The lowest BCUT2D eigenvalue weighted by molar-refractivity contribution is 0.0527. The lowest BCUT2D eigenvalue weighted by Crippen LogP contribution is -2.34. The Balaban J connectivity index is 2.35. The van der Waals surface area contributed by atoms with Crippen LogP contribution in [0, 0.1) is 11.3 Å². The molecule has 124 valence electrons. The van der Waals surface area contributed by atoms with Gasteiger partial charge >= 0.3 is 6.09 Å². The predicted molar refractivity (Wildman–Crippen MR) is 89.6 cm³/mol. The third-order valence-electron chi connectivity index (χ3n) is 3.54. The number of hydrogen-bond donors (Lipinski definition) is 1. The summed E-state index contributed by atoms with van der Waals surface area (Å²) in [6.45, 7) is 11.3. The van der Waals surface area contributed by atoms with E-state index in [-0.39, 0.29) is 11.2 Å². The van der Waals surface area contributed by atoms with Gasteiger partial charge in [-0.05, 0) is 26.2 Å². The summed E-state index contributed by atoms with van der Waals surface area (Å²) in [6.07, 6.45) is -0.630. The summed E-state index contributed by atoms with van der Waals surface area (Å²) in [5.74, 6) is -0.354. The Hall–Kier alpha value is -2.17. The van der Waals surface area contributed by atoms with Crippen molar-refractivity contribution in [1.82, 2.24) is 5.43 Å². The first-order valence-corrected chi connectivity index (χ1v) is 7.71. The zero-order chi connectivity index (χ0) is 17.4. The first-order chi connectivity index (χ1) is 10.5. The number of carbonyl (C=O) groups is 2. The molecule has 0 saturated carbocycles. The standard InChI is InChI=1S/C18H24N2O3/c1-17(2,3)13-14(19-20-16(22)23-18(4,5)6)11-9-7-8-10-12(11)15(13)21/h7-10,13H,1-6H3,(H,20,22)/b19-14+. The zero-order valence-corrected chi connectivity index (χ0v) is 14.6. The number of rotatable bonds is 1. The molecular weight excluding hydrogens is 292 g/mol. The van der Waals surface area contributed by atoms with E-state index in [0.29, 0.717) is 11.3 Å². The highest BCUT2D eigenvalue weighted by molar-refractivity contribution is 6.28. The number of nitrogens with zero attached hydrogens (tertiary/aromatic N) is 1. The van der Waals surface area contributed by atoms with Gasteiger partial charge in [0.05, 0.1) is 11.6 Å². The highest BCUT2D eigenvalue weighted by Gasteiger charge is 2.43. The maximum Gasteiger partial charge on any atom is 0.428 e. The number of benzene rings is 1. The molecule has 1 aliphatic rings. The fourth-order valence-corrected chi connectivity index (χ4v) is 2.69. The Bertz CT molecular complexity index is 664. The molecule has 2 rings (SSSR count). The molecule has 1 aromatic rings. The van der Waals surface area contributed by atoms with Gasteiger partial charge in [-0.1, -0.05) is 45.0 Å². The fraction of sp³-hybridized carbons (Fsp3) is 0.500. The van der Waals surface area contributed by atoms with Crippen LogP contribution in [0.2, 0.25) is 0 Å². The van der Waals surface area contributed by atoms with E-state index in [0.717, 1.165) is 5.56 Å². The Kier molecular flexibility index (Phi) is 4.33. The Morgan fingerprint density at radius 2 is 1.65 bits per heavy atom. The van der Waals surface area contributed by atoms with Gasteiger partial charge in [0.2, 0.25) is 0 Å². The van der Waals surface area contributed by atoms with E-state index in [1.807, 2.05) is 39.0 Å². The number of hydrogen-bond acceptors (Lipinski definition) is 4. The summed E-state index contributed by atoms with van der Waals surface area (Å²) in [5.41, 5.74) is 3.53. The maximum atomic E-state index is 12.7. The molecule has 0 aliphatic heterocycles. The smallest absolute Gasteiger partial charge is 0.428 e. The van der Waals surface area contributed by atoms with Crippen molar-refractivity contribution < 1.29 is 14.3 Å². The molecule has 0 fully saturated rings. The van der Waals surface area contributed by atoms with Crippen LogP contribution in [-0.4, -0.2) is 23.2 Å². The number of ketones is 1. The van der Waals surface area contributed by atoms with Crippen LogP contribution in [0.25, 0.3) is 0 Å². The average molecular weight is 316 g/mol. The van der Waals surface area contributed by atoms with Crippen LogP contribution in [-0.2, 0) is 4.74 Å². The molecule has 0 radical (unpaired) electrons. The molecule has 5 nitrogen and oxygen atoms in total. The molecule has 0 spiro atoms. The minimum atomic E-state index is -0.630. The van der Waals surface area contributed by atoms with Crippen LogP contribution in [0.1, 0.15) is 57.5 Å². The molecule has 1 atom stereocenters. The minimum Gasteiger partial charge on any atom is -0.443 e. The third kappa shape index (κ3) is 3.78. The second-order valence-electron chi connectivity index (χ2n) is 7.82. The average Bonchev–Trinajstić information content (AvgIpc) is 2.68. The number of Topliss-reactive ketones (excluding diaryl/α,β-unsaturated/α-hetero) is 1. The van der Waals surface area contributed by atoms with Crippen molar-refractivity contribution in [2.24, 2.45) is 16.4 Å². The SMILES string of the molecule is CC(C)(C)OC(=O)N/N=C1\c2ccccc2C(=O)C1C(C)(C)C. The molecule has 0 heterocycles. The first-order valence-electron chi connectivity index (χ1n) is 7.71. The van der Waals surface area contributed by atoms with Gasteiger partial charge in [0.25, 0.3) is 0 Å². The number of carbonyl (C=O) groups excluding carboxylic acids is 2. The first kappa shape index (κ1) is 17.2. The number of fused-ring (bicyclic) bond motifs is 1. The van der Waals surface area contributed by atoms with Crippen LogP contribution in [0.15, 0.2) is 29.4 Å². The summed E-state index contributed by atoms with van der Waals surface area (Å²) in [7, 11) is 0. The third-order valence-corrected chi connectivity index (χ3v) is 3.54. The monoisotopic (exact) mass is 316 g/mol. The molecule has 23 heavy (non-hydrogen) atoms. The summed E-state index contributed by atoms with van der Waals surface area (Å²) < 4.78 is 5.19. The van der Waals surface area contributed by atoms with Crippen molar-refractivity contribution in [2.75, 3.05) is 0 Å². The van der Waals surface area contributed by atoms with Gasteiger partial charge in [-0.2, -0.15) is 5.10 Å². The molecule has 0 aromatic heterocycles. The quantitative estimate of drug-likeness (QED) is 0.802. The maximum absolute atomic E-state index is 12.7. The van der Waals surface area contributed by atoms with Crippen molar-refractivity contribution in [3.8, 4) is 0 Å². The van der Waals surface area contributed by atoms with E-state index in [1.54, 1.807) is 26.8 Å². The van der Waals surface area contributed by atoms with Gasteiger partial charge in [0.1, 0.15) is 5.60 Å². The van der Waals surface area contributed by atoms with Crippen molar-refractivity contribution >= 4 is 17.6 Å². The van der Waals surface area contributed by atoms with E-state index in [1.165, 1.54) is 0 Å². The Morgan fingerprint density at radius 3 is 2.17 bits per heavy atom. The molecule has 0 saturated heterocycles. The summed E-state index contributed by atoms with van der Waals surface area (Å²) in [5, 5.41) is 4.22. The summed E-state index contributed by atoms with van der Waals surface area (Å²) >= 11 is 0. The van der Waals surface area contributed by atoms with E-state index >= 15 is 0 Å². The van der Waals surface area contributed by atoms with E-state index in [4.69, 9.17) is 4.74 Å². The molecule has 1 amide bonds. The van der Waals surface area contributed by atoms with Crippen molar-refractivity contribution in [3.05, 3.63) is 35.4 Å². The number of ether oxygens (including phenoxy) is 1. The lowest BCUT2D eigenvalue weighted by Gasteiger charge is -2.26. The van der Waals surface area contributed by atoms with Crippen LogP contribution < -0.4 is 5.43 Å². The van der Waals surface area contributed by atoms with Crippen LogP contribution in [0.4, 0.5) is 4.79 Å². The van der Waals surface area contributed by atoms with E-state index in [2.05, 4.69) is 10.5 Å². The number of nitrogens with one attached hydrogen (secondary N) is 1. The van der Waals surface area contributed by atoms with E-state index < -0.39 is 17.6 Å². The van der Waals surface area contributed by atoms with Crippen LogP contribution in [0.5, 0.6) is 0 Å². The van der Waals surface area contributed by atoms with Gasteiger partial charge in [-0.3, -0.25) is 4.79 Å². The van der Waals surface area contributed by atoms with Crippen molar-refractivity contribution in [2.45, 2.75) is 47.1 Å². The second-order valence-corrected chi connectivity index (χ2v) is 7.82. The largest absolute Gasteiger partial charge is 0.443 e. The molecule has 1 aliphatic carbocycles. The lowest BCUT2D eigenvalue weighted by atomic mass is 9.77. The van der Waals surface area contributed by atoms with Gasteiger partial charge in [-0.15, -0.1) is 0 Å². The molecular formula is C18H24N2O3. The topological polar surface area (TPSA) is 67.8 Å². The molecule has 0 bridgehead atoms. The predicted octanol–water partition coefficient (Wildman–Crippen LogP) is 3.77. The number of hydrazone groups is 1. The van der Waals surface area contributed by atoms with Gasteiger partial charge in [-0.25, -0.2) is 10.2 Å². The zero-order valence-electron chi connectivity index (χ0n) is 14.6. The highest BCUT2D eigenvalue weighted by atomic mass is 16.6. The van der Waals surface area contributed by atoms with Gasteiger partial charge < -0.3 is 4.74 Å². The molecule has 5 heteroatoms. The fourth-order valence-electron chi connectivity index (χ4n) is 2.69. The minimum absolute atomic E-state index is 0.0397. The Labute approximate surface area is 137 Å². The highest BCUT2D eigenvalue weighted by Crippen LogP contribution is 2.38. The summed E-state index contributed by atoms with van der Waals surface area (Å²) in [6, 6.07) is 7.35. The summed E-state index contributed by atoms with van der Waals surface area (Å²) in [4.78, 5) is 24.5. The van der Waals surface area contributed by atoms with Crippen LogP contribution in [0.3, 0.4) is 0 Å². The molecule has 1 aromatic carbocycles. The Morgan fingerprint density at radius 1 is 1.09 bits per heavy atom. The van der Waals surface area contributed by atoms with Crippen molar-refractivity contribution in [3.63, 3.8) is 0 Å². The normalized spacial score (nSPS) is 19.7. The molecule has 1 unspecified atom stereocenters. The second kappa shape index (κ2) is 5.80. The van der Waals surface area contributed by atoms with Crippen LogP contribution >= 0.6 is 0 Å². The van der Waals surface area contributed by atoms with Gasteiger partial charge in [0, 0.05) is 11.1 Å². The van der Waals surface area contributed by atoms with E-state index in [9.17, 15) is 9.59 Å².